The van der Waals surface area contributed by atoms with Crippen molar-refractivity contribution < 1.29 is 13.4 Å². The van der Waals surface area contributed by atoms with Crippen molar-refractivity contribution >= 4 is 77.1 Å². The van der Waals surface area contributed by atoms with Gasteiger partial charge in [-0.05, 0) is 36.6 Å². The predicted molar refractivity (Wildman–Crippen MR) is 132 cm³/mol. The Labute approximate surface area is 190 Å². The molecule has 32 heavy (non-hydrogen) atoms. The van der Waals surface area contributed by atoms with Gasteiger partial charge in [0.2, 0.25) is 5.69 Å². The standard InChI is InChI=1S/C27H16NO2S2/c1-13-22-20(11-17-14-5-3-4-6-19(14)29-25(13)17)32-21-12-18-15-8-10-31-27(15)30-26(18)16-7-9-28(2)24(22)23(16)21/h3-12H,1-2H3/q+1. The number of fused-ring (bicyclic) bond motifs is 9. The van der Waals surface area contributed by atoms with Gasteiger partial charge in [-0.25, -0.2) is 4.57 Å². The molecule has 152 valence electrons. The third-order valence-corrected chi connectivity index (χ3v) is 8.65. The zero-order chi connectivity index (χ0) is 21.1. The van der Waals surface area contributed by atoms with E-state index < -0.39 is 0 Å². The summed E-state index contributed by atoms with van der Waals surface area (Å²) in [6.45, 7) is 2.19. The molecule has 0 atom stereocenters. The first kappa shape index (κ1) is 17.3. The molecule has 8 rings (SSSR count). The summed E-state index contributed by atoms with van der Waals surface area (Å²) >= 11 is 3.52. The molecule has 5 heterocycles. The summed E-state index contributed by atoms with van der Waals surface area (Å²) in [7, 11) is 2.13. The van der Waals surface area contributed by atoms with Crippen LogP contribution in [-0.4, -0.2) is 0 Å². The number of aromatic nitrogens is 1. The average molecular weight is 451 g/mol. The molecule has 0 aliphatic carbocycles. The number of hydrogen-bond acceptors (Lipinski definition) is 4. The summed E-state index contributed by atoms with van der Waals surface area (Å²) < 4.78 is 14.9. The highest BCUT2D eigenvalue weighted by Gasteiger charge is 2.32. The summed E-state index contributed by atoms with van der Waals surface area (Å²) in [5.74, 6) is 0. The van der Waals surface area contributed by atoms with Gasteiger partial charge in [0, 0.05) is 48.4 Å². The Morgan fingerprint density at radius 2 is 1.66 bits per heavy atom. The molecule has 0 fully saturated rings. The lowest BCUT2D eigenvalue weighted by molar-refractivity contribution is -0.659. The van der Waals surface area contributed by atoms with Crippen molar-refractivity contribution in [1.29, 1.82) is 0 Å². The Hall–Kier alpha value is -3.28. The van der Waals surface area contributed by atoms with Crippen LogP contribution in [-0.2, 0) is 7.05 Å². The van der Waals surface area contributed by atoms with E-state index in [1.54, 1.807) is 11.3 Å². The molecule has 0 N–H and O–H groups in total. The quantitative estimate of drug-likeness (QED) is 0.220. The maximum Gasteiger partial charge on any atom is 0.223 e. The van der Waals surface area contributed by atoms with E-state index in [1.165, 1.54) is 58.9 Å². The molecule has 0 unspecified atom stereocenters. The fourth-order valence-electron chi connectivity index (χ4n) is 5.34. The Balaban J connectivity index is 1.57. The number of furan rings is 2. The van der Waals surface area contributed by atoms with Crippen LogP contribution in [0.15, 0.2) is 78.7 Å². The average Bonchev–Trinajstić information content (AvgIpc) is 3.49. The summed E-state index contributed by atoms with van der Waals surface area (Å²) in [6, 6.07) is 17.3. The number of aryl methyl sites for hydroxylation is 2. The smallest absolute Gasteiger partial charge is 0.223 e. The molecule has 3 aromatic carbocycles. The van der Waals surface area contributed by atoms with Crippen molar-refractivity contribution in [3.8, 4) is 11.3 Å². The second kappa shape index (κ2) is 5.74. The summed E-state index contributed by atoms with van der Waals surface area (Å²) in [5, 5.41) is 9.31. The number of pyridine rings is 1. The SMILES string of the molecule is Cc1c2c(cc3c1oc1ccccc13)Sc1cc3c4ccsc4oc3c3cc[n+](C)c-2c13. The normalized spacial score (nSPS) is 13.2. The molecule has 7 aromatic rings. The molecule has 0 radical (unpaired) electrons. The first-order chi connectivity index (χ1) is 15.7. The van der Waals surface area contributed by atoms with Crippen LogP contribution in [0.3, 0.4) is 0 Å². The molecule has 5 heteroatoms. The van der Waals surface area contributed by atoms with E-state index in [-0.39, 0.29) is 0 Å². The highest BCUT2D eigenvalue weighted by Crippen LogP contribution is 2.52. The lowest BCUT2D eigenvalue weighted by Crippen LogP contribution is -2.31. The van der Waals surface area contributed by atoms with Crippen molar-refractivity contribution in [3.05, 3.63) is 65.7 Å². The third kappa shape index (κ3) is 1.97. The Morgan fingerprint density at radius 1 is 0.812 bits per heavy atom. The minimum absolute atomic E-state index is 0.940. The fourth-order valence-corrected chi connectivity index (χ4v) is 7.36. The molecule has 0 saturated heterocycles. The van der Waals surface area contributed by atoms with E-state index in [0.29, 0.717) is 0 Å². The molecule has 0 spiro atoms. The predicted octanol–water partition coefficient (Wildman–Crippen LogP) is 7.96. The summed E-state index contributed by atoms with van der Waals surface area (Å²) in [6.07, 6.45) is 2.15. The molecule has 0 saturated carbocycles. The van der Waals surface area contributed by atoms with Crippen molar-refractivity contribution in [2.45, 2.75) is 16.7 Å². The fraction of sp³-hybridized carbons (Fsp3) is 0.0741. The second-order valence-corrected chi connectivity index (χ2v) is 10.5. The van der Waals surface area contributed by atoms with Crippen molar-refractivity contribution in [3.63, 3.8) is 0 Å². The van der Waals surface area contributed by atoms with E-state index in [4.69, 9.17) is 8.83 Å². The van der Waals surface area contributed by atoms with Crippen LogP contribution in [0.5, 0.6) is 0 Å². The monoisotopic (exact) mass is 450 g/mol. The van der Waals surface area contributed by atoms with E-state index in [1.807, 2.05) is 17.8 Å². The van der Waals surface area contributed by atoms with Gasteiger partial charge >= 0.3 is 0 Å². The minimum atomic E-state index is 0.940. The van der Waals surface area contributed by atoms with Gasteiger partial charge < -0.3 is 8.83 Å². The number of hydrogen-bond donors (Lipinski definition) is 0. The van der Waals surface area contributed by atoms with Gasteiger partial charge in [0.25, 0.3) is 0 Å². The first-order valence-electron chi connectivity index (χ1n) is 10.6. The largest absolute Gasteiger partial charge is 0.456 e. The highest BCUT2D eigenvalue weighted by atomic mass is 32.2. The third-order valence-electron chi connectivity index (χ3n) is 6.78. The van der Waals surface area contributed by atoms with Crippen LogP contribution in [0, 0.1) is 6.92 Å². The number of rotatable bonds is 0. The van der Waals surface area contributed by atoms with Crippen molar-refractivity contribution in [2.24, 2.45) is 7.05 Å². The van der Waals surface area contributed by atoms with Gasteiger partial charge in [-0.2, -0.15) is 0 Å². The zero-order valence-electron chi connectivity index (χ0n) is 17.4. The van der Waals surface area contributed by atoms with Gasteiger partial charge in [0.1, 0.15) is 23.8 Å². The van der Waals surface area contributed by atoms with E-state index >= 15 is 0 Å². The van der Waals surface area contributed by atoms with Crippen LogP contribution >= 0.6 is 23.1 Å². The minimum Gasteiger partial charge on any atom is -0.456 e. The lowest BCUT2D eigenvalue weighted by Gasteiger charge is -2.20. The lowest BCUT2D eigenvalue weighted by atomic mass is 9.96. The second-order valence-electron chi connectivity index (χ2n) is 8.49. The topological polar surface area (TPSA) is 30.2 Å². The van der Waals surface area contributed by atoms with Crippen LogP contribution < -0.4 is 4.57 Å². The van der Waals surface area contributed by atoms with Gasteiger partial charge in [-0.1, -0.05) is 30.0 Å². The maximum absolute atomic E-state index is 6.34. The Bertz CT molecular complexity index is 1940. The molecule has 1 aliphatic heterocycles. The van der Waals surface area contributed by atoms with Gasteiger partial charge in [-0.3, -0.25) is 0 Å². The molecule has 0 bridgehead atoms. The number of thiophene rings is 1. The maximum atomic E-state index is 6.34. The highest BCUT2D eigenvalue weighted by molar-refractivity contribution is 7.99. The van der Waals surface area contributed by atoms with Gasteiger partial charge in [0.05, 0.1) is 10.9 Å². The van der Waals surface area contributed by atoms with Crippen molar-refractivity contribution in [1.82, 2.24) is 0 Å². The Morgan fingerprint density at radius 3 is 2.59 bits per heavy atom. The van der Waals surface area contributed by atoms with Crippen LogP contribution in [0.25, 0.3) is 65.2 Å². The van der Waals surface area contributed by atoms with E-state index in [2.05, 4.69) is 72.6 Å². The van der Waals surface area contributed by atoms with Crippen molar-refractivity contribution in [2.75, 3.05) is 0 Å². The first-order valence-corrected chi connectivity index (χ1v) is 12.3. The van der Waals surface area contributed by atoms with Crippen LogP contribution in [0.2, 0.25) is 0 Å². The molecule has 0 amide bonds. The molecule has 3 nitrogen and oxygen atoms in total. The van der Waals surface area contributed by atoms with E-state index in [9.17, 15) is 0 Å². The number of benzene rings is 3. The zero-order valence-corrected chi connectivity index (χ0v) is 19.0. The van der Waals surface area contributed by atoms with Gasteiger partial charge in [0.15, 0.2) is 11.1 Å². The molecular formula is C27H16NO2S2+. The number of para-hydroxylation sites is 1. The van der Waals surface area contributed by atoms with Crippen LogP contribution in [0.4, 0.5) is 0 Å². The molecule has 4 aromatic heterocycles. The summed E-state index contributed by atoms with van der Waals surface area (Å²) in [5.41, 5.74) is 6.58. The Kier molecular flexibility index (Phi) is 3.10. The molecular weight excluding hydrogens is 434 g/mol. The number of nitrogens with zero attached hydrogens (tertiary/aromatic N) is 1. The summed E-state index contributed by atoms with van der Waals surface area (Å²) in [4.78, 5) is 3.56. The van der Waals surface area contributed by atoms with Crippen LogP contribution in [0.1, 0.15) is 5.56 Å². The van der Waals surface area contributed by atoms with E-state index in [0.717, 1.165) is 21.6 Å². The molecule has 1 aliphatic rings. The van der Waals surface area contributed by atoms with Gasteiger partial charge in [-0.15, -0.1) is 11.3 Å².